The van der Waals surface area contributed by atoms with Crippen molar-refractivity contribution in [1.82, 2.24) is 5.32 Å². The number of ether oxygens (including phenoxy) is 2. The Labute approximate surface area is 173 Å². The van der Waals surface area contributed by atoms with Gasteiger partial charge >= 0.3 is 11.9 Å². The van der Waals surface area contributed by atoms with E-state index in [9.17, 15) is 24.9 Å². The first-order chi connectivity index (χ1) is 13.6. The van der Waals surface area contributed by atoms with Crippen LogP contribution in [0.4, 0.5) is 0 Å². The summed E-state index contributed by atoms with van der Waals surface area (Å²) in [7, 11) is 0. The summed E-state index contributed by atoms with van der Waals surface area (Å²) in [4.78, 5) is 24.0. The van der Waals surface area contributed by atoms with Gasteiger partial charge < -0.3 is 35.2 Å². The van der Waals surface area contributed by atoms with Crippen LogP contribution >= 0.6 is 0 Å². The van der Waals surface area contributed by atoms with Crippen LogP contribution in [0.2, 0.25) is 0 Å². The monoisotopic (exact) mass is 421 g/mol. The summed E-state index contributed by atoms with van der Waals surface area (Å²) in [6, 6.07) is 0. The number of rotatable bonds is 16. The van der Waals surface area contributed by atoms with Crippen molar-refractivity contribution in [3.05, 3.63) is 0 Å². The van der Waals surface area contributed by atoms with Gasteiger partial charge in [0, 0.05) is 12.8 Å². The molecule has 0 aliphatic heterocycles. The number of hydrogen-bond acceptors (Lipinski definition) is 9. The van der Waals surface area contributed by atoms with Crippen molar-refractivity contribution in [3.63, 3.8) is 0 Å². The normalized spacial score (nSPS) is 16.7. The number of aliphatic hydroxyl groups excluding tert-OH is 4. The Balaban J connectivity index is 4.72. The van der Waals surface area contributed by atoms with Crippen LogP contribution in [0.3, 0.4) is 0 Å². The molecule has 0 aromatic heterocycles. The van der Waals surface area contributed by atoms with Crippen molar-refractivity contribution in [2.45, 2.75) is 77.8 Å². The Morgan fingerprint density at radius 1 is 1.00 bits per heavy atom. The zero-order chi connectivity index (χ0) is 22.4. The lowest BCUT2D eigenvalue weighted by atomic mass is 10.0. The Morgan fingerprint density at radius 2 is 1.66 bits per heavy atom. The molecule has 0 saturated heterocycles. The van der Waals surface area contributed by atoms with E-state index in [2.05, 4.69) is 5.32 Å². The Bertz CT molecular complexity index is 460. The van der Waals surface area contributed by atoms with Crippen molar-refractivity contribution in [2.75, 3.05) is 26.3 Å². The molecule has 5 unspecified atom stereocenters. The largest absolute Gasteiger partial charge is 0.462 e. The van der Waals surface area contributed by atoms with E-state index in [0.717, 1.165) is 25.9 Å². The second kappa shape index (κ2) is 15.6. The van der Waals surface area contributed by atoms with Gasteiger partial charge in [0.2, 0.25) is 0 Å². The summed E-state index contributed by atoms with van der Waals surface area (Å²) in [6.07, 6.45) is -4.43. The van der Waals surface area contributed by atoms with E-state index in [1.165, 1.54) is 0 Å². The fraction of sp³-hybridized carbons (Fsp3) is 0.900. The van der Waals surface area contributed by atoms with Crippen LogP contribution in [0.15, 0.2) is 0 Å². The van der Waals surface area contributed by atoms with Gasteiger partial charge in [-0.3, -0.25) is 9.59 Å². The Kier molecular flexibility index (Phi) is 14.9. The van der Waals surface area contributed by atoms with Gasteiger partial charge in [-0.1, -0.05) is 27.7 Å². The third kappa shape index (κ3) is 12.8. The highest BCUT2D eigenvalue weighted by Crippen LogP contribution is 2.14. The smallest absolute Gasteiger partial charge is 0.306 e. The molecule has 9 nitrogen and oxygen atoms in total. The van der Waals surface area contributed by atoms with Crippen molar-refractivity contribution in [1.29, 1.82) is 0 Å². The van der Waals surface area contributed by atoms with Crippen molar-refractivity contribution in [3.8, 4) is 0 Å². The number of nitrogens with one attached hydrogen (secondary N) is 1. The maximum Gasteiger partial charge on any atom is 0.306 e. The van der Waals surface area contributed by atoms with Gasteiger partial charge in [-0.2, -0.15) is 0 Å². The highest BCUT2D eigenvalue weighted by atomic mass is 16.6. The summed E-state index contributed by atoms with van der Waals surface area (Å²) in [5.74, 6) is -1.01. The third-order valence-electron chi connectivity index (χ3n) is 4.39. The first-order valence-corrected chi connectivity index (χ1v) is 10.3. The first kappa shape index (κ1) is 27.7. The van der Waals surface area contributed by atoms with E-state index < -0.39 is 49.6 Å². The van der Waals surface area contributed by atoms with Crippen LogP contribution < -0.4 is 5.32 Å². The molecule has 172 valence electrons. The Hall–Kier alpha value is -1.26. The quantitative estimate of drug-likeness (QED) is 0.171. The number of aliphatic hydroxyl groups is 4. The Morgan fingerprint density at radius 3 is 2.21 bits per heavy atom. The van der Waals surface area contributed by atoms with Crippen LogP contribution in [0.25, 0.3) is 0 Å². The van der Waals surface area contributed by atoms with Crippen LogP contribution in [0.5, 0.6) is 0 Å². The second-order valence-electron chi connectivity index (χ2n) is 7.85. The van der Waals surface area contributed by atoms with Gasteiger partial charge in [-0.05, 0) is 37.8 Å². The molecule has 0 fully saturated rings. The molecular formula is C20H39NO8. The molecule has 29 heavy (non-hydrogen) atoms. The van der Waals surface area contributed by atoms with Crippen molar-refractivity contribution in [2.24, 2.45) is 11.8 Å². The van der Waals surface area contributed by atoms with Crippen LogP contribution in [0.1, 0.15) is 53.4 Å². The van der Waals surface area contributed by atoms with Gasteiger partial charge in [0.25, 0.3) is 0 Å². The molecule has 0 heterocycles. The van der Waals surface area contributed by atoms with Crippen molar-refractivity contribution < 1.29 is 39.5 Å². The number of carbonyl (C=O) groups is 2. The summed E-state index contributed by atoms with van der Waals surface area (Å²) in [5.41, 5.74) is 0. The fourth-order valence-corrected chi connectivity index (χ4v) is 2.68. The molecule has 0 aromatic rings. The zero-order valence-electron chi connectivity index (χ0n) is 18.0. The van der Waals surface area contributed by atoms with E-state index in [-0.39, 0.29) is 24.7 Å². The predicted octanol–water partition coefficient (Wildman–Crippen LogP) is -0.0216. The minimum absolute atomic E-state index is 0.0128. The topological polar surface area (TPSA) is 146 Å². The van der Waals surface area contributed by atoms with Gasteiger partial charge in [-0.15, -0.1) is 0 Å². The van der Waals surface area contributed by atoms with Gasteiger partial charge in [0.1, 0.15) is 24.9 Å². The molecule has 0 bridgehead atoms. The van der Waals surface area contributed by atoms with Crippen LogP contribution in [0, 0.1) is 11.8 Å². The number of carbonyl (C=O) groups excluding carboxylic acids is 2. The van der Waals surface area contributed by atoms with Crippen LogP contribution in [-0.4, -0.2) is 83.1 Å². The SMILES string of the molecule is CCNCCCC(C)CC(=O)OCC(OC(=O)CC(C)C)C(O)C(O)C(O)CO. The van der Waals surface area contributed by atoms with Crippen molar-refractivity contribution >= 4 is 11.9 Å². The molecule has 0 amide bonds. The number of esters is 2. The van der Waals surface area contributed by atoms with Crippen LogP contribution in [-0.2, 0) is 19.1 Å². The molecule has 0 aromatic carbocycles. The second-order valence-corrected chi connectivity index (χ2v) is 7.85. The standard InChI is InChI=1S/C20H39NO8/c1-5-21-8-6-7-14(4)10-17(24)28-12-16(29-18(25)9-13(2)3)20(27)19(26)15(23)11-22/h13-16,19-23,26-27H,5-12H2,1-4H3. The average molecular weight is 422 g/mol. The van der Waals surface area contributed by atoms with Gasteiger partial charge in [-0.25, -0.2) is 0 Å². The maximum atomic E-state index is 12.1. The fourth-order valence-electron chi connectivity index (χ4n) is 2.68. The highest BCUT2D eigenvalue weighted by molar-refractivity contribution is 5.70. The van der Waals surface area contributed by atoms with E-state index >= 15 is 0 Å². The number of hydrogen-bond donors (Lipinski definition) is 5. The minimum Gasteiger partial charge on any atom is -0.462 e. The van der Waals surface area contributed by atoms with E-state index in [4.69, 9.17) is 14.6 Å². The molecule has 0 saturated carbocycles. The molecule has 0 spiro atoms. The lowest BCUT2D eigenvalue weighted by Crippen LogP contribution is -2.49. The van der Waals surface area contributed by atoms with Gasteiger partial charge in [0.05, 0.1) is 6.61 Å². The third-order valence-corrected chi connectivity index (χ3v) is 4.39. The summed E-state index contributed by atoms with van der Waals surface area (Å²) >= 11 is 0. The summed E-state index contributed by atoms with van der Waals surface area (Å²) in [5, 5.41) is 41.8. The zero-order valence-corrected chi connectivity index (χ0v) is 18.0. The molecule has 0 radical (unpaired) electrons. The molecule has 0 aliphatic rings. The molecular weight excluding hydrogens is 382 g/mol. The van der Waals surface area contributed by atoms with E-state index in [1.54, 1.807) is 0 Å². The maximum absolute atomic E-state index is 12.1. The highest BCUT2D eigenvalue weighted by Gasteiger charge is 2.34. The van der Waals surface area contributed by atoms with E-state index in [0.29, 0.717) is 0 Å². The lowest BCUT2D eigenvalue weighted by molar-refractivity contribution is -0.178. The predicted molar refractivity (Wildman–Crippen MR) is 107 cm³/mol. The van der Waals surface area contributed by atoms with Gasteiger partial charge in [0.15, 0.2) is 6.10 Å². The molecule has 9 heteroatoms. The van der Waals surface area contributed by atoms with E-state index in [1.807, 2.05) is 27.7 Å². The molecule has 5 atom stereocenters. The minimum atomic E-state index is -1.76. The molecule has 0 rings (SSSR count). The molecule has 5 N–H and O–H groups in total. The molecule has 0 aliphatic carbocycles. The summed E-state index contributed by atoms with van der Waals surface area (Å²) < 4.78 is 10.3. The lowest BCUT2D eigenvalue weighted by Gasteiger charge is -2.28. The summed E-state index contributed by atoms with van der Waals surface area (Å²) in [6.45, 7) is 8.12. The first-order valence-electron chi connectivity index (χ1n) is 10.3. The average Bonchev–Trinajstić information content (AvgIpc) is 2.65.